The van der Waals surface area contributed by atoms with Crippen molar-refractivity contribution >= 4 is 67.6 Å². The van der Waals surface area contributed by atoms with Gasteiger partial charge in [-0.3, -0.25) is 9.82 Å². The summed E-state index contributed by atoms with van der Waals surface area (Å²) in [5.74, 6) is 0.0749. The van der Waals surface area contributed by atoms with Crippen LogP contribution in [0.2, 0.25) is 8.67 Å². The zero-order valence-corrected chi connectivity index (χ0v) is 12.9. The van der Waals surface area contributed by atoms with E-state index < -0.39 is 10.0 Å². The van der Waals surface area contributed by atoms with Gasteiger partial charge in [0.2, 0.25) is 0 Å². The smallest absolute Gasteiger partial charge is 0.265 e. The Kier molecular flexibility index (Phi) is 4.02. The highest BCUT2D eigenvalue weighted by molar-refractivity contribution is 7.93. The Morgan fingerprint density at radius 1 is 1.53 bits per heavy atom. The lowest BCUT2D eigenvalue weighted by atomic mass is 10.3. The number of nitrogens with one attached hydrogen (secondary N) is 2. The van der Waals surface area contributed by atoms with E-state index in [9.17, 15) is 8.42 Å². The van der Waals surface area contributed by atoms with Gasteiger partial charge in [0.15, 0.2) is 0 Å². The molecule has 2 heterocycles. The van der Waals surface area contributed by atoms with Crippen molar-refractivity contribution in [2.75, 3.05) is 4.72 Å². The summed E-state index contributed by atoms with van der Waals surface area (Å²) < 4.78 is 26.9. The Balaban J connectivity index is 2.39. The third-order valence-electron chi connectivity index (χ3n) is 2.06. The minimum Gasteiger partial charge on any atom is -0.389 e. The lowest BCUT2D eigenvalue weighted by Crippen LogP contribution is -2.17. The molecular formula is C8H6Cl2N4O2S3. The van der Waals surface area contributed by atoms with Crippen molar-refractivity contribution in [3.63, 3.8) is 0 Å². The minimum absolute atomic E-state index is 0.0147. The molecule has 0 radical (unpaired) electrons. The summed E-state index contributed by atoms with van der Waals surface area (Å²) in [6, 6.07) is 1.26. The molecule has 0 fully saturated rings. The summed E-state index contributed by atoms with van der Waals surface area (Å²) in [5, 5.41) is 6.13. The fraction of sp³-hybridized carbons (Fsp3) is 0. The van der Waals surface area contributed by atoms with Crippen LogP contribution >= 0.6 is 46.8 Å². The van der Waals surface area contributed by atoms with Gasteiger partial charge < -0.3 is 5.73 Å². The van der Waals surface area contributed by atoms with Crippen molar-refractivity contribution in [2.24, 2.45) is 5.73 Å². The largest absolute Gasteiger partial charge is 0.389 e. The standard InChI is InChI=1S/C8H6Cl2N4O2S3/c9-5-1-4(6(10)18-5)19(15,16)14-8-3(7(11)17)2-12-13-8/h1-2H,(H2,11,17)(H2,12,13,14). The molecule has 0 spiro atoms. The molecule has 102 valence electrons. The van der Waals surface area contributed by atoms with E-state index in [4.69, 9.17) is 41.2 Å². The fourth-order valence-corrected chi connectivity index (χ4v) is 4.59. The van der Waals surface area contributed by atoms with Gasteiger partial charge in [0.05, 0.1) is 16.1 Å². The average Bonchev–Trinajstić information content (AvgIpc) is 2.84. The van der Waals surface area contributed by atoms with Crippen LogP contribution in [0.15, 0.2) is 17.2 Å². The fourth-order valence-electron chi connectivity index (χ4n) is 1.25. The van der Waals surface area contributed by atoms with E-state index in [0.29, 0.717) is 0 Å². The quantitative estimate of drug-likeness (QED) is 0.729. The van der Waals surface area contributed by atoms with Crippen molar-refractivity contribution in [3.8, 4) is 0 Å². The van der Waals surface area contributed by atoms with Crippen LogP contribution in [0.3, 0.4) is 0 Å². The first kappa shape index (κ1) is 14.5. The highest BCUT2D eigenvalue weighted by Gasteiger charge is 2.23. The second kappa shape index (κ2) is 5.25. The predicted octanol–water partition coefficient (Wildman–Crippen LogP) is 2.21. The zero-order chi connectivity index (χ0) is 14.2. The first-order chi connectivity index (χ1) is 8.81. The van der Waals surface area contributed by atoms with E-state index in [1.807, 2.05) is 0 Å². The normalized spacial score (nSPS) is 11.5. The molecule has 19 heavy (non-hydrogen) atoms. The van der Waals surface area contributed by atoms with E-state index in [0.717, 1.165) is 11.3 Å². The van der Waals surface area contributed by atoms with Crippen LogP contribution in [0.1, 0.15) is 5.56 Å². The molecule has 0 amide bonds. The Morgan fingerprint density at radius 2 is 2.21 bits per heavy atom. The van der Waals surface area contributed by atoms with E-state index in [-0.39, 0.29) is 29.9 Å². The number of H-pyrrole nitrogens is 1. The van der Waals surface area contributed by atoms with Crippen molar-refractivity contribution in [2.45, 2.75) is 4.90 Å². The monoisotopic (exact) mass is 356 g/mol. The summed E-state index contributed by atoms with van der Waals surface area (Å²) in [6.07, 6.45) is 1.32. The molecule has 11 heteroatoms. The zero-order valence-electron chi connectivity index (χ0n) is 8.98. The molecule has 4 N–H and O–H groups in total. The van der Waals surface area contributed by atoms with Crippen molar-refractivity contribution in [1.82, 2.24) is 10.2 Å². The van der Waals surface area contributed by atoms with Crippen LogP contribution in [0, 0.1) is 0 Å². The Bertz CT molecular complexity index is 737. The van der Waals surface area contributed by atoms with E-state index in [2.05, 4.69) is 14.9 Å². The average molecular weight is 357 g/mol. The highest BCUT2D eigenvalue weighted by atomic mass is 35.5. The summed E-state index contributed by atoms with van der Waals surface area (Å²) in [5.41, 5.74) is 5.73. The van der Waals surface area contributed by atoms with Gasteiger partial charge in [0.25, 0.3) is 10.0 Å². The van der Waals surface area contributed by atoms with E-state index in [1.165, 1.54) is 12.3 Å². The van der Waals surface area contributed by atoms with Crippen LogP contribution in [-0.2, 0) is 10.0 Å². The second-order valence-electron chi connectivity index (χ2n) is 3.32. The highest BCUT2D eigenvalue weighted by Crippen LogP contribution is 2.35. The number of aromatic nitrogens is 2. The van der Waals surface area contributed by atoms with E-state index in [1.54, 1.807) is 0 Å². The minimum atomic E-state index is -3.89. The number of nitrogens with two attached hydrogens (primary N) is 1. The number of hydrogen-bond donors (Lipinski definition) is 3. The topological polar surface area (TPSA) is 101 Å². The van der Waals surface area contributed by atoms with Crippen molar-refractivity contribution < 1.29 is 8.42 Å². The molecule has 0 aromatic carbocycles. The SMILES string of the molecule is NC(=S)c1cn[nH]c1NS(=O)(=O)c1cc(Cl)sc1Cl. The van der Waals surface area contributed by atoms with Crippen LogP contribution < -0.4 is 10.5 Å². The number of anilines is 1. The lowest BCUT2D eigenvalue weighted by Gasteiger charge is -2.06. The van der Waals surface area contributed by atoms with Crippen LogP contribution in [0.25, 0.3) is 0 Å². The molecular weight excluding hydrogens is 351 g/mol. The van der Waals surface area contributed by atoms with Gasteiger partial charge in [0, 0.05) is 0 Å². The number of sulfonamides is 1. The summed E-state index contributed by atoms with van der Waals surface area (Å²) in [4.78, 5) is -0.103. The maximum atomic E-state index is 12.1. The van der Waals surface area contributed by atoms with Gasteiger partial charge >= 0.3 is 0 Å². The molecule has 0 aliphatic rings. The van der Waals surface area contributed by atoms with Crippen LogP contribution in [-0.4, -0.2) is 23.6 Å². The molecule has 2 aromatic rings. The van der Waals surface area contributed by atoms with Crippen LogP contribution in [0.4, 0.5) is 5.82 Å². The van der Waals surface area contributed by atoms with Gasteiger partial charge in [-0.25, -0.2) is 8.42 Å². The van der Waals surface area contributed by atoms with Crippen LogP contribution in [0.5, 0.6) is 0 Å². The first-order valence-corrected chi connectivity index (χ1v) is 8.08. The second-order valence-corrected chi connectivity index (χ2v) is 7.69. The molecule has 6 nitrogen and oxygen atoms in total. The van der Waals surface area contributed by atoms with Gasteiger partial charge in [-0.2, -0.15) is 5.10 Å². The number of nitrogens with zero attached hydrogens (tertiary/aromatic N) is 1. The van der Waals surface area contributed by atoms with Crippen molar-refractivity contribution in [1.29, 1.82) is 0 Å². The third kappa shape index (κ3) is 3.00. The molecule has 2 aromatic heterocycles. The van der Waals surface area contributed by atoms with Crippen molar-refractivity contribution in [3.05, 3.63) is 26.5 Å². The number of rotatable bonds is 4. The lowest BCUT2D eigenvalue weighted by molar-refractivity contribution is 0.601. The van der Waals surface area contributed by atoms with Gasteiger partial charge in [-0.1, -0.05) is 35.4 Å². The first-order valence-electron chi connectivity index (χ1n) is 4.62. The molecule has 0 saturated heterocycles. The molecule has 0 saturated carbocycles. The predicted molar refractivity (Wildman–Crippen MR) is 79.6 cm³/mol. The number of thiocarbonyl (C=S) groups is 1. The molecule has 0 atom stereocenters. The van der Waals surface area contributed by atoms with E-state index >= 15 is 0 Å². The molecule has 0 bridgehead atoms. The number of halogens is 2. The van der Waals surface area contributed by atoms with Gasteiger partial charge in [-0.05, 0) is 6.07 Å². The Labute approximate surface area is 128 Å². The van der Waals surface area contributed by atoms with Gasteiger partial charge in [-0.15, -0.1) is 11.3 Å². The maximum Gasteiger partial charge on any atom is 0.265 e. The summed E-state index contributed by atoms with van der Waals surface area (Å²) in [7, 11) is -3.89. The molecule has 0 unspecified atom stereocenters. The maximum absolute atomic E-state index is 12.1. The number of thiophene rings is 1. The summed E-state index contributed by atoms with van der Waals surface area (Å²) >= 11 is 17.3. The summed E-state index contributed by atoms with van der Waals surface area (Å²) in [6.45, 7) is 0. The molecule has 0 aliphatic heterocycles. The third-order valence-corrected chi connectivity index (χ3v) is 5.38. The number of aromatic amines is 1. The Morgan fingerprint density at radius 3 is 2.74 bits per heavy atom. The molecule has 2 rings (SSSR count). The number of hydrogen-bond acceptors (Lipinski definition) is 5. The molecule has 0 aliphatic carbocycles. The van der Waals surface area contributed by atoms with Gasteiger partial charge in [0.1, 0.15) is 20.0 Å². The Hall–Kier alpha value is -0.870.